The van der Waals surface area contributed by atoms with Crippen molar-refractivity contribution in [3.8, 4) is 0 Å². The van der Waals surface area contributed by atoms with Crippen LogP contribution in [0.25, 0.3) is 0 Å². The van der Waals surface area contributed by atoms with Crippen LogP contribution >= 0.6 is 0 Å². The molecule has 160 valence electrons. The standard InChI is InChI=1S/C22H29N5O3/c1-17(9-10-18-7-5-4-6-8-18)25-22(24-16-21(28)26(2)3)23-15-19-11-13-20(14-12-19)27(29)30/h4-8,11-14,17H,9-10,15-16H2,1-3H3,(H2,23,24,25). The highest BCUT2D eigenvalue weighted by molar-refractivity contribution is 5.86. The van der Waals surface area contributed by atoms with Crippen molar-refractivity contribution in [2.45, 2.75) is 32.4 Å². The van der Waals surface area contributed by atoms with E-state index in [1.807, 2.05) is 18.2 Å². The molecule has 0 fully saturated rings. The van der Waals surface area contributed by atoms with Crippen molar-refractivity contribution in [3.63, 3.8) is 0 Å². The molecule has 2 rings (SSSR count). The van der Waals surface area contributed by atoms with E-state index in [1.54, 1.807) is 26.2 Å². The maximum atomic E-state index is 11.9. The van der Waals surface area contributed by atoms with Crippen molar-refractivity contribution < 1.29 is 9.72 Å². The molecule has 0 saturated heterocycles. The Kier molecular flexibility index (Phi) is 8.80. The van der Waals surface area contributed by atoms with Gasteiger partial charge in [0.25, 0.3) is 5.69 Å². The highest BCUT2D eigenvalue weighted by Crippen LogP contribution is 2.12. The number of rotatable bonds is 9. The Morgan fingerprint density at radius 3 is 2.37 bits per heavy atom. The second-order valence-corrected chi connectivity index (χ2v) is 7.30. The molecule has 0 bridgehead atoms. The van der Waals surface area contributed by atoms with Crippen molar-refractivity contribution >= 4 is 17.6 Å². The van der Waals surface area contributed by atoms with E-state index in [2.05, 4.69) is 34.7 Å². The lowest BCUT2D eigenvalue weighted by atomic mass is 10.1. The van der Waals surface area contributed by atoms with E-state index in [9.17, 15) is 14.9 Å². The van der Waals surface area contributed by atoms with Gasteiger partial charge in [0.15, 0.2) is 5.96 Å². The molecule has 2 N–H and O–H groups in total. The molecule has 8 heteroatoms. The minimum Gasteiger partial charge on any atom is -0.354 e. The summed E-state index contributed by atoms with van der Waals surface area (Å²) < 4.78 is 0. The van der Waals surface area contributed by atoms with Crippen LogP contribution in [0, 0.1) is 10.1 Å². The Labute approximate surface area is 177 Å². The molecule has 0 radical (unpaired) electrons. The minimum atomic E-state index is -0.428. The van der Waals surface area contributed by atoms with Gasteiger partial charge in [-0.15, -0.1) is 0 Å². The average Bonchev–Trinajstić information content (AvgIpc) is 2.74. The minimum absolute atomic E-state index is 0.0466. The van der Waals surface area contributed by atoms with Crippen LogP contribution in [0.15, 0.2) is 59.6 Å². The molecule has 0 heterocycles. The molecule has 1 atom stereocenters. The maximum absolute atomic E-state index is 11.9. The number of hydrogen-bond acceptors (Lipinski definition) is 4. The summed E-state index contributed by atoms with van der Waals surface area (Å²) in [6, 6.07) is 16.7. The topological polar surface area (TPSA) is 99.9 Å². The van der Waals surface area contributed by atoms with Gasteiger partial charge >= 0.3 is 0 Å². The smallest absolute Gasteiger partial charge is 0.269 e. The van der Waals surface area contributed by atoms with Gasteiger partial charge in [-0.25, -0.2) is 4.99 Å². The normalized spacial score (nSPS) is 12.2. The zero-order valence-corrected chi connectivity index (χ0v) is 17.7. The quantitative estimate of drug-likeness (QED) is 0.286. The number of nitro groups is 1. The highest BCUT2D eigenvalue weighted by atomic mass is 16.6. The molecule has 0 aliphatic carbocycles. The van der Waals surface area contributed by atoms with Crippen molar-refractivity contribution in [1.82, 2.24) is 15.5 Å². The average molecular weight is 412 g/mol. The van der Waals surface area contributed by atoms with Crippen molar-refractivity contribution in [1.29, 1.82) is 0 Å². The number of benzene rings is 2. The van der Waals surface area contributed by atoms with Crippen LogP contribution in [-0.2, 0) is 17.8 Å². The zero-order valence-electron chi connectivity index (χ0n) is 17.7. The van der Waals surface area contributed by atoms with Gasteiger partial charge in [0, 0.05) is 32.3 Å². The van der Waals surface area contributed by atoms with Crippen LogP contribution in [-0.4, -0.2) is 48.4 Å². The molecular formula is C22H29N5O3. The second kappa shape index (κ2) is 11.5. The van der Waals surface area contributed by atoms with E-state index in [4.69, 9.17) is 0 Å². The fourth-order valence-electron chi connectivity index (χ4n) is 2.70. The van der Waals surface area contributed by atoms with E-state index in [0.29, 0.717) is 12.5 Å². The Hall–Kier alpha value is -3.42. The number of nitrogens with zero attached hydrogens (tertiary/aromatic N) is 3. The number of hydrogen-bond donors (Lipinski definition) is 2. The van der Waals surface area contributed by atoms with Crippen LogP contribution in [0.2, 0.25) is 0 Å². The Balaban J connectivity index is 1.99. The van der Waals surface area contributed by atoms with Crippen LogP contribution in [0.5, 0.6) is 0 Å². The largest absolute Gasteiger partial charge is 0.354 e. The van der Waals surface area contributed by atoms with Crippen molar-refractivity contribution in [2.24, 2.45) is 4.99 Å². The van der Waals surface area contributed by atoms with Gasteiger partial charge in [0.1, 0.15) is 0 Å². The van der Waals surface area contributed by atoms with Crippen LogP contribution in [0.3, 0.4) is 0 Å². The fourth-order valence-corrected chi connectivity index (χ4v) is 2.70. The monoisotopic (exact) mass is 411 g/mol. The first-order valence-electron chi connectivity index (χ1n) is 9.87. The summed E-state index contributed by atoms with van der Waals surface area (Å²) in [6.45, 7) is 2.54. The number of nitrogens with one attached hydrogen (secondary N) is 2. The van der Waals surface area contributed by atoms with Crippen LogP contribution in [0.1, 0.15) is 24.5 Å². The van der Waals surface area contributed by atoms with Gasteiger partial charge in [-0.3, -0.25) is 14.9 Å². The number of guanidine groups is 1. The summed E-state index contributed by atoms with van der Waals surface area (Å²) in [5.74, 6) is 0.473. The molecule has 0 saturated carbocycles. The molecule has 0 aromatic heterocycles. The summed E-state index contributed by atoms with van der Waals surface area (Å²) in [7, 11) is 3.40. The number of aryl methyl sites for hydroxylation is 1. The Morgan fingerprint density at radius 1 is 1.10 bits per heavy atom. The summed E-state index contributed by atoms with van der Waals surface area (Å²) in [6.07, 6.45) is 1.84. The van der Waals surface area contributed by atoms with Gasteiger partial charge in [0.2, 0.25) is 5.91 Å². The SMILES string of the molecule is CC(CCc1ccccc1)NC(=NCc1ccc([N+](=O)[O-])cc1)NCC(=O)N(C)C. The van der Waals surface area contributed by atoms with Gasteiger partial charge in [-0.1, -0.05) is 42.5 Å². The van der Waals surface area contributed by atoms with Gasteiger partial charge in [-0.05, 0) is 30.9 Å². The van der Waals surface area contributed by atoms with Gasteiger partial charge in [-0.2, -0.15) is 0 Å². The third-order valence-corrected chi connectivity index (χ3v) is 4.56. The Morgan fingerprint density at radius 2 is 1.77 bits per heavy atom. The molecular weight excluding hydrogens is 382 g/mol. The molecule has 1 unspecified atom stereocenters. The Bertz CT molecular complexity index is 851. The number of aliphatic imine (C=N–C) groups is 1. The first-order valence-corrected chi connectivity index (χ1v) is 9.87. The number of nitro benzene ring substituents is 1. The number of amides is 1. The van der Waals surface area contributed by atoms with Crippen LogP contribution in [0.4, 0.5) is 5.69 Å². The van der Waals surface area contributed by atoms with E-state index in [0.717, 1.165) is 18.4 Å². The predicted octanol–water partition coefficient (Wildman–Crippen LogP) is 2.74. The summed E-state index contributed by atoms with van der Waals surface area (Å²) in [5.41, 5.74) is 2.16. The summed E-state index contributed by atoms with van der Waals surface area (Å²) in [5, 5.41) is 17.2. The van der Waals surface area contributed by atoms with E-state index in [1.165, 1.54) is 22.6 Å². The summed E-state index contributed by atoms with van der Waals surface area (Å²) >= 11 is 0. The maximum Gasteiger partial charge on any atom is 0.269 e. The van der Waals surface area contributed by atoms with E-state index >= 15 is 0 Å². The van der Waals surface area contributed by atoms with Crippen molar-refractivity contribution in [3.05, 3.63) is 75.8 Å². The van der Waals surface area contributed by atoms with Gasteiger partial charge < -0.3 is 15.5 Å². The molecule has 2 aromatic rings. The first-order chi connectivity index (χ1) is 14.3. The number of likely N-dealkylation sites (N-methyl/N-ethyl adjacent to an activating group) is 1. The lowest BCUT2D eigenvalue weighted by molar-refractivity contribution is -0.384. The van der Waals surface area contributed by atoms with E-state index in [-0.39, 0.29) is 24.2 Å². The zero-order chi connectivity index (χ0) is 21.9. The first kappa shape index (κ1) is 22.9. The van der Waals surface area contributed by atoms with Gasteiger partial charge in [0.05, 0.1) is 18.0 Å². The molecule has 2 aromatic carbocycles. The number of carbonyl (C=O) groups is 1. The lowest BCUT2D eigenvalue weighted by Crippen LogP contribution is -2.46. The molecule has 1 amide bonds. The molecule has 0 aliphatic heterocycles. The third-order valence-electron chi connectivity index (χ3n) is 4.56. The van der Waals surface area contributed by atoms with E-state index < -0.39 is 4.92 Å². The summed E-state index contributed by atoms with van der Waals surface area (Å²) in [4.78, 5) is 28.4. The molecule has 0 spiro atoms. The third kappa shape index (κ3) is 7.90. The second-order valence-electron chi connectivity index (χ2n) is 7.30. The number of non-ortho nitro benzene ring substituents is 1. The van der Waals surface area contributed by atoms with Crippen molar-refractivity contribution in [2.75, 3.05) is 20.6 Å². The number of carbonyl (C=O) groups excluding carboxylic acids is 1. The molecule has 30 heavy (non-hydrogen) atoms. The molecule has 0 aliphatic rings. The van der Waals surface area contributed by atoms with Crippen LogP contribution < -0.4 is 10.6 Å². The lowest BCUT2D eigenvalue weighted by Gasteiger charge is -2.19. The highest BCUT2D eigenvalue weighted by Gasteiger charge is 2.10. The molecule has 8 nitrogen and oxygen atoms in total. The fraction of sp³-hybridized carbons (Fsp3) is 0.364. The predicted molar refractivity (Wildman–Crippen MR) is 118 cm³/mol.